The number of rotatable bonds is 4. The topological polar surface area (TPSA) is 47.7 Å². The zero-order valence-electron chi connectivity index (χ0n) is 11.7. The molecule has 0 aliphatic heterocycles. The molecule has 0 saturated heterocycles. The molecule has 0 unspecified atom stereocenters. The van der Waals surface area contributed by atoms with Crippen LogP contribution in [0.15, 0.2) is 12.4 Å². The fourth-order valence-corrected chi connectivity index (χ4v) is 2.18. The van der Waals surface area contributed by atoms with Gasteiger partial charge in [-0.25, -0.2) is 0 Å². The molecule has 0 aliphatic carbocycles. The van der Waals surface area contributed by atoms with E-state index in [1.54, 1.807) is 0 Å². The summed E-state index contributed by atoms with van der Waals surface area (Å²) < 4.78 is 3.87. The minimum atomic E-state index is 0.387. The first kappa shape index (κ1) is 12.7. The van der Waals surface area contributed by atoms with E-state index in [9.17, 15) is 0 Å². The molecule has 2 rings (SSSR count). The minimum absolute atomic E-state index is 0.387. The van der Waals surface area contributed by atoms with Gasteiger partial charge in [0.25, 0.3) is 0 Å². The van der Waals surface area contributed by atoms with Crippen LogP contribution in [0.2, 0.25) is 0 Å². The Labute approximate surface area is 108 Å². The average molecular weight is 247 g/mol. The number of aryl methyl sites for hydroxylation is 2. The number of hydrogen-bond acceptors (Lipinski definition) is 3. The van der Waals surface area contributed by atoms with Crippen molar-refractivity contribution in [3.05, 3.63) is 29.3 Å². The van der Waals surface area contributed by atoms with E-state index in [1.807, 2.05) is 31.0 Å². The second kappa shape index (κ2) is 4.84. The lowest BCUT2D eigenvalue weighted by molar-refractivity contribution is 0.516. The zero-order valence-corrected chi connectivity index (χ0v) is 11.7. The number of anilines is 1. The van der Waals surface area contributed by atoms with Gasteiger partial charge in [-0.15, -0.1) is 0 Å². The summed E-state index contributed by atoms with van der Waals surface area (Å²) in [6.45, 7) is 9.21. The van der Waals surface area contributed by atoms with Crippen molar-refractivity contribution in [3.8, 4) is 0 Å². The molecule has 0 radical (unpaired) electrons. The smallest absolute Gasteiger partial charge is 0.0828 e. The van der Waals surface area contributed by atoms with Gasteiger partial charge in [0.15, 0.2) is 0 Å². The molecule has 0 aliphatic rings. The molecule has 1 N–H and O–H groups in total. The van der Waals surface area contributed by atoms with Crippen LogP contribution in [0.5, 0.6) is 0 Å². The van der Waals surface area contributed by atoms with Crippen molar-refractivity contribution in [1.82, 2.24) is 19.6 Å². The maximum absolute atomic E-state index is 4.56. The Balaban J connectivity index is 2.14. The van der Waals surface area contributed by atoms with Crippen LogP contribution in [0.3, 0.4) is 0 Å². The molecule has 0 aromatic carbocycles. The normalized spacial score (nSPS) is 11.2. The summed E-state index contributed by atoms with van der Waals surface area (Å²) in [6, 6.07) is 0.387. The highest BCUT2D eigenvalue weighted by Crippen LogP contribution is 2.22. The second-order valence-corrected chi connectivity index (χ2v) is 4.96. The van der Waals surface area contributed by atoms with E-state index in [0.717, 1.165) is 17.9 Å². The van der Waals surface area contributed by atoms with Gasteiger partial charge in [0.05, 0.1) is 23.3 Å². The number of hydrogen-bond donors (Lipinski definition) is 1. The van der Waals surface area contributed by atoms with Crippen molar-refractivity contribution in [2.45, 2.75) is 40.3 Å². The molecule has 5 nitrogen and oxygen atoms in total. The summed E-state index contributed by atoms with van der Waals surface area (Å²) >= 11 is 0. The van der Waals surface area contributed by atoms with Crippen LogP contribution in [0.1, 0.15) is 36.8 Å². The van der Waals surface area contributed by atoms with E-state index < -0.39 is 0 Å². The Morgan fingerprint density at radius 2 is 2.06 bits per heavy atom. The summed E-state index contributed by atoms with van der Waals surface area (Å²) in [5, 5.41) is 12.2. The highest BCUT2D eigenvalue weighted by atomic mass is 15.3. The zero-order chi connectivity index (χ0) is 13.3. The van der Waals surface area contributed by atoms with Gasteiger partial charge in [-0.1, -0.05) is 0 Å². The van der Waals surface area contributed by atoms with Crippen molar-refractivity contribution in [2.24, 2.45) is 7.05 Å². The van der Waals surface area contributed by atoms with Crippen LogP contribution in [-0.4, -0.2) is 19.6 Å². The molecule has 5 heteroatoms. The maximum Gasteiger partial charge on any atom is 0.0828 e. The summed E-state index contributed by atoms with van der Waals surface area (Å²) in [4.78, 5) is 0. The third-order valence-corrected chi connectivity index (χ3v) is 3.04. The maximum atomic E-state index is 4.56. The third kappa shape index (κ3) is 2.39. The molecule has 18 heavy (non-hydrogen) atoms. The van der Waals surface area contributed by atoms with E-state index in [2.05, 4.69) is 41.0 Å². The number of aromatic nitrogens is 4. The molecule has 2 aromatic rings. The quantitative estimate of drug-likeness (QED) is 0.902. The minimum Gasteiger partial charge on any atom is -0.378 e. The molecule has 0 amide bonds. The summed E-state index contributed by atoms with van der Waals surface area (Å²) in [6.07, 6.45) is 3.90. The molecule has 0 bridgehead atoms. The molecular formula is C13H21N5. The highest BCUT2D eigenvalue weighted by molar-refractivity contribution is 5.52. The molecule has 0 atom stereocenters. The predicted octanol–water partition coefficient (Wildman–Crippen LogP) is 2.43. The number of nitrogens with zero attached hydrogens (tertiary/aromatic N) is 4. The molecule has 2 aromatic heterocycles. The molecule has 0 spiro atoms. The Morgan fingerprint density at radius 1 is 1.33 bits per heavy atom. The molecule has 0 saturated carbocycles. The van der Waals surface area contributed by atoms with E-state index in [0.29, 0.717) is 6.04 Å². The Kier molecular flexibility index (Phi) is 3.41. The van der Waals surface area contributed by atoms with Crippen molar-refractivity contribution < 1.29 is 0 Å². The summed E-state index contributed by atoms with van der Waals surface area (Å²) in [7, 11) is 1.93. The van der Waals surface area contributed by atoms with Crippen LogP contribution < -0.4 is 5.32 Å². The van der Waals surface area contributed by atoms with Crippen LogP contribution in [-0.2, 0) is 13.6 Å². The Morgan fingerprint density at radius 3 is 2.56 bits per heavy atom. The lowest BCUT2D eigenvalue weighted by atomic mass is 10.2. The standard InChI is InChI=1S/C13H21N5/c1-9(2)18-11(4)13(10(3)16-18)14-6-12-7-15-17(5)8-12/h7-9,14H,6H2,1-5H3. The van der Waals surface area contributed by atoms with Crippen LogP contribution in [0, 0.1) is 13.8 Å². The summed E-state index contributed by atoms with van der Waals surface area (Å²) in [5.74, 6) is 0. The monoisotopic (exact) mass is 247 g/mol. The van der Waals surface area contributed by atoms with Crippen LogP contribution in [0.4, 0.5) is 5.69 Å². The predicted molar refractivity (Wildman–Crippen MR) is 72.6 cm³/mol. The Hall–Kier alpha value is -1.78. The number of nitrogens with one attached hydrogen (secondary N) is 1. The van der Waals surface area contributed by atoms with Gasteiger partial charge in [-0.2, -0.15) is 10.2 Å². The van der Waals surface area contributed by atoms with Crippen LogP contribution >= 0.6 is 0 Å². The van der Waals surface area contributed by atoms with Crippen LogP contribution in [0.25, 0.3) is 0 Å². The van der Waals surface area contributed by atoms with Gasteiger partial charge in [-0.05, 0) is 27.7 Å². The first-order valence-electron chi connectivity index (χ1n) is 6.26. The van der Waals surface area contributed by atoms with Crippen molar-refractivity contribution in [2.75, 3.05) is 5.32 Å². The molecule has 2 heterocycles. The van der Waals surface area contributed by atoms with Gasteiger partial charge in [0.1, 0.15) is 0 Å². The Bertz CT molecular complexity index is 536. The summed E-state index contributed by atoms with van der Waals surface area (Å²) in [5.41, 5.74) is 4.54. The van der Waals surface area contributed by atoms with Crippen molar-refractivity contribution in [3.63, 3.8) is 0 Å². The van der Waals surface area contributed by atoms with E-state index >= 15 is 0 Å². The second-order valence-electron chi connectivity index (χ2n) is 4.96. The van der Waals surface area contributed by atoms with Gasteiger partial charge in [0, 0.05) is 31.4 Å². The lowest BCUT2D eigenvalue weighted by Gasteiger charge is -2.09. The van der Waals surface area contributed by atoms with Crippen molar-refractivity contribution >= 4 is 5.69 Å². The van der Waals surface area contributed by atoms with Crippen molar-refractivity contribution in [1.29, 1.82) is 0 Å². The van der Waals surface area contributed by atoms with E-state index in [4.69, 9.17) is 0 Å². The SMILES string of the molecule is Cc1nn(C(C)C)c(C)c1NCc1cnn(C)c1. The van der Waals surface area contributed by atoms with E-state index in [1.165, 1.54) is 11.3 Å². The van der Waals surface area contributed by atoms with Gasteiger partial charge >= 0.3 is 0 Å². The largest absolute Gasteiger partial charge is 0.378 e. The fourth-order valence-electron chi connectivity index (χ4n) is 2.18. The van der Waals surface area contributed by atoms with E-state index in [-0.39, 0.29) is 0 Å². The lowest BCUT2D eigenvalue weighted by Crippen LogP contribution is -2.06. The van der Waals surface area contributed by atoms with Gasteiger partial charge in [-0.3, -0.25) is 9.36 Å². The molecule has 98 valence electrons. The van der Waals surface area contributed by atoms with Gasteiger partial charge < -0.3 is 5.32 Å². The molecular weight excluding hydrogens is 226 g/mol. The first-order valence-corrected chi connectivity index (χ1v) is 6.26. The first-order chi connectivity index (χ1) is 8.49. The highest BCUT2D eigenvalue weighted by Gasteiger charge is 2.13. The molecule has 0 fully saturated rings. The van der Waals surface area contributed by atoms with Gasteiger partial charge in [0.2, 0.25) is 0 Å². The fraction of sp³-hybridized carbons (Fsp3) is 0.538. The third-order valence-electron chi connectivity index (χ3n) is 3.04. The average Bonchev–Trinajstić information content (AvgIpc) is 2.82.